The van der Waals surface area contributed by atoms with Gasteiger partial charge in [-0.15, -0.1) is 0 Å². The van der Waals surface area contributed by atoms with Crippen molar-refractivity contribution in [1.29, 1.82) is 0 Å². The summed E-state index contributed by atoms with van der Waals surface area (Å²) in [5.41, 5.74) is 0. The van der Waals surface area contributed by atoms with Crippen LogP contribution in [-0.2, 0) is 0 Å². The molecule has 0 aromatic carbocycles. The molecular weight excluding hydrogens is 148 g/mol. The van der Waals surface area contributed by atoms with Crippen LogP contribution in [0.15, 0.2) is 0 Å². The molecule has 1 aliphatic rings. The fraction of sp³-hybridized carbons (Fsp3) is 1.00. The number of aliphatic hydroxyl groups is 1. The molecule has 0 amide bonds. The molecule has 2 atom stereocenters. The summed E-state index contributed by atoms with van der Waals surface area (Å²) < 4.78 is 0. The van der Waals surface area contributed by atoms with Gasteiger partial charge in [-0.1, -0.05) is 33.1 Å². The average Bonchev–Trinajstić information content (AvgIpc) is 2.27. The molecule has 1 saturated carbocycles. The molecular formula is C11H22O. The summed E-state index contributed by atoms with van der Waals surface area (Å²) in [7, 11) is 0. The van der Waals surface area contributed by atoms with Crippen LogP contribution in [-0.4, -0.2) is 11.7 Å². The van der Waals surface area contributed by atoms with Gasteiger partial charge >= 0.3 is 0 Å². The van der Waals surface area contributed by atoms with E-state index in [9.17, 15) is 5.11 Å². The summed E-state index contributed by atoms with van der Waals surface area (Å²) in [5.74, 6) is 2.12. The van der Waals surface area contributed by atoms with E-state index in [1.54, 1.807) is 0 Å². The normalized spacial score (nSPS) is 32.0. The van der Waals surface area contributed by atoms with Crippen LogP contribution in [0.4, 0.5) is 0 Å². The van der Waals surface area contributed by atoms with Gasteiger partial charge in [0.05, 0.1) is 0 Å². The zero-order valence-electron chi connectivity index (χ0n) is 8.42. The van der Waals surface area contributed by atoms with E-state index in [0.717, 1.165) is 11.8 Å². The van der Waals surface area contributed by atoms with Crippen molar-refractivity contribution in [3.05, 3.63) is 0 Å². The third-order valence-electron chi connectivity index (χ3n) is 3.31. The maximum Gasteiger partial charge on any atom is 0.0462 e. The van der Waals surface area contributed by atoms with E-state index >= 15 is 0 Å². The van der Waals surface area contributed by atoms with E-state index in [-0.39, 0.29) is 0 Å². The van der Waals surface area contributed by atoms with Crippen LogP contribution in [0.5, 0.6) is 0 Å². The second-order valence-electron chi connectivity index (χ2n) is 4.49. The maximum absolute atomic E-state index is 9.24. The van der Waals surface area contributed by atoms with Crippen LogP contribution in [0.3, 0.4) is 0 Å². The van der Waals surface area contributed by atoms with Gasteiger partial charge in [0.25, 0.3) is 0 Å². The molecule has 72 valence electrons. The van der Waals surface area contributed by atoms with Crippen molar-refractivity contribution in [2.24, 2.45) is 17.8 Å². The number of aliphatic hydroxyl groups excluding tert-OH is 1. The van der Waals surface area contributed by atoms with Crippen molar-refractivity contribution >= 4 is 0 Å². The number of hydrogen-bond acceptors (Lipinski definition) is 1. The summed E-state index contributed by atoms with van der Waals surface area (Å²) in [4.78, 5) is 0. The van der Waals surface area contributed by atoms with Gasteiger partial charge in [0.15, 0.2) is 0 Å². The molecule has 0 saturated heterocycles. The summed E-state index contributed by atoms with van der Waals surface area (Å²) in [6, 6.07) is 0. The van der Waals surface area contributed by atoms with Crippen molar-refractivity contribution < 1.29 is 5.11 Å². The van der Waals surface area contributed by atoms with Crippen LogP contribution in [0.25, 0.3) is 0 Å². The topological polar surface area (TPSA) is 20.2 Å². The highest BCUT2D eigenvalue weighted by Gasteiger charge is 2.25. The highest BCUT2D eigenvalue weighted by atomic mass is 16.3. The minimum atomic E-state index is 0.406. The van der Waals surface area contributed by atoms with E-state index in [0.29, 0.717) is 12.5 Å². The van der Waals surface area contributed by atoms with Crippen LogP contribution in [0.1, 0.15) is 46.0 Å². The van der Waals surface area contributed by atoms with Gasteiger partial charge in [-0.25, -0.2) is 0 Å². The van der Waals surface area contributed by atoms with Gasteiger partial charge in [-0.05, 0) is 30.6 Å². The van der Waals surface area contributed by atoms with Gasteiger partial charge < -0.3 is 5.11 Å². The first-order valence-corrected chi connectivity index (χ1v) is 5.36. The fourth-order valence-electron chi connectivity index (χ4n) is 2.52. The van der Waals surface area contributed by atoms with Crippen LogP contribution in [0, 0.1) is 17.8 Å². The number of rotatable bonds is 2. The molecule has 1 nitrogen and oxygen atoms in total. The lowest BCUT2D eigenvalue weighted by molar-refractivity contribution is 0.139. The van der Waals surface area contributed by atoms with Crippen molar-refractivity contribution in [3.8, 4) is 0 Å². The lowest BCUT2D eigenvalue weighted by Crippen LogP contribution is -2.22. The summed E-state index contributed by atoms with van der Waals surface area (Å²) >= 11 is 0. The molecule has 0 aromatic heterocycles. The van der Waals surface area contributed by atoms with Crippen LogP contribution in [0.2, 0.25) is 0 Å². The first-order valence-electron chi connectivity index (χ1n) is 5.36. The lowest BCUT2D eigenvalue weighted by atomic mass is 9.80. The standard InChI is InChI=1S/C11H22O/c1-9(2)11-7-5-3-4-6-10(11)8-12/h9-12H,3-8H2,1-2H3/t10-,11+/m1/s1. The SMILES string of the molecule is CC(C)[C@@H]1CCCCC[C@@H]1CO. The van der Waals surface area contributed by atoms with Crippen molar-refractivity contribution in [2.45, 2.75) is 46.0 Å². The predicted octanol–water partition coefficient (Wildman–Crippen LogP) is 2.83. The smallest absolute Gasteiger partial charge is 0.0462 e. The first-order chi connectivity index (χ1) is 5.75. The molecule has 0 spiro atoms. The lowest BCUT2D eigenvalue weighted by Gasteiger charge is -2.26. The molecule has 0 radical (unpaired) electrons. The average molecular weight is 170 g/mol. The zero-order valence-corrected chi connectivity index (χ0v) is 8.42. The largest absolute Gasteiger partial charge is 0.396 e. The first kappa shape index (κ1) is 10.0. The summed E-state index contributed by atoms with van der Waals surface area (Å²) in [6.07, 6.45) is 6.66. The third-order valence-corrected chi connectivity index (χ3v) is 3.31. The summed E-state index contributed by atoms with van der Waals surface area (Å²) in [6.45, 7) is 4.99. The van der Waals surface area contributed by atoms with Gasteiger partial charge in [0.2, 0.25) is 0 Å². The van der Waals surface area contributed by atoms with E-state index < -0.39 is 0 Å². The highest BCUT2D eigenvalue weighted by molar-refractivity contribution is 4.75. The van der Waals surface area contributed by atoms with Crippen molar-refractivity contribution in [3.63, 3.8) is 0 Å². The van der Waals surface area contributed by atoms with Crippen molar-refractivity contribution in [1.82, 2.24) is 0 Å². The predicted molar refractivity (Wildman–Crippen MR) is 52.0 cm³/mol. The molecule has 1 rings (SSSR count). The Morgan fingerprint density at radius 1 is 1.17 bits per heavy atom. The van der Waals surface area contributed by atoms with Gasteiger partial charge in [0.1, 0.15) is 0 Å². The molecule has 0 unspecified atom stereocenters. The Morgan fingerprint density at radius 3 is 2.42 bits per heavy atom. The number of hydrogen-bond donors (Lipinski definition) is 1. The molecule has 1 N–H and O–H groups in total. The van der Waals surface area contributed by atoms with E-state index in [1.165, 1.54) is 32.1 Å². The Hall–Kier alpha value is -0.0400. The molecule has 0 bridgehead atoms. The second kappa shape index (κ2) is 4.86. The van der Waals surface area contributed by atoms with Gasteiger partial charge in [0, 0.05) is 6.61 Å². The van der Waals surface area contributed by atoms with Crippen LogP contribution < -0.4 is 0 Å². The maximum atomic E-state index is 9.24. The Labute approximate surface area is 76.2 Å². The van der Waals surface area contributed by atoms with E-state index in [2.05, 4.69) is 13.8 Å². The zero-order chi connectivity index (χ0) is 8.97. The van der Waals surface area contributed by atoms with Crippen LogP contribution >= 0.6 is 0 Å². The molecule has 0 aromatic rings. The van der Waals surface area contributed by atoms with Crippen molar-refractivity contribution in [2.75, 3.05) is 6.61 Å². The second-order valence-corrected chi connectivity index (χ2v) is 4.49. The molecule has 12 heavy (non-hydrogen) atoms. The molecule has 0 aliphatic heterocycles. The molecule has 1 heteroatoms. The Balaban J connectivity index is 2.51. The Bertz CT molecular complexity index is 120. The Morgan fingerprint density at radius 2 is 1.83 bits per heavy atom. The highest BCUT2D eigenvalue weighted by Crippen LogP contribution is 2.33. The third kappa shape index (κ3) is 2.48. The monoisotopic (exact) mass is 170 g/mol. The van der Waals surface area contributed by atoms with Gasteiger partial charge in [-0.3, -0.25) is 0 Å². The molecule has 1 aliphatic carbocycles. The summed E-state index contributed by atoms with van der Waals surface area (Å²) in [5, 5.41) is 9.24. The molecule has 1 fully saturated rings. The van der Waals surface area contributed by atoms with Gasteiger partial charge in [-0.2, -0.15) is 0 Å². The Kier molecular flexibility index (Phi) is 4.07. The van der Waals surface area contributed by atoms with E-state index in [4.69, 9.17) is 0 Å². The van der Waals surface area contributed by atoms with E-state index in [1.807, 2.05) is 0 Å². The minimum Gasteiger partial charge on any atom is -0.396 e. The quantitative estimate of drug-likeness (QED) is 0.632. The minimum absolute atomic E-state index is 0.406. The fourth-order valence-corrected chi connectivity index (χ4v) is 2.52. The molecule has 0 heterocycles.